The van der Waals surface area contributed by atoms with Crippen LogP contribution in [0.25, 0.3) is 21.8 Å². The van der Waals surface area contributed by atoms with Gasteiger partial charge < -0.3 is 15.1 Å². The van der Waals surface area contributed by atoms with Crippen LogP contribution in [0.2, 0.25) is 0 Å². The van der Waals surface area contributed by atoms with Gasteiger partial charge in [0.2, 0.25) is 0 Å². The van der Waals surface area contributed by atoms with E-state index in [1.165, 1.54) is 0 Å². The number of rotatable bonds is 9. The molecule has 4 nitrogen and oxygen atoms in total. The van der Waals surface area contributed by atoms with Gasteiger partial charge in [0.25, 0.3) is 0 Å². The topological polar surface area (TPSA) is 56.9 Å². The second-order valence-electron chi connectivity index (χ2n) is 6.16. The molecule has 0 aliphatic rings. The quantitative estimate of drug-likeness (QED) is 0.448. The van der Waals surface area contributed by atoms with Crippen molar-refractivity contribution in [2.45, 2.75) is 20.3 Å². The zero-order chi connectivity index (χ0) is 18.2. The van der Waals surface area contributed by atoms with E-state index in [0.717, 1.165) is 60.2 Å². The van der Waals surface area contributed by atoms with Crippen molar-refractivity contribution in [3.8, 4) is 27.6 Å². The molecule has 6 heteroatoms. The van der Waals surface area contributed by atoms with Gasteiger partial charge in [-0.25, -0.2) is 4.98 Å². The smallest absolute Gasteiger partial charge is 0.124 e. The predicted octanol–water partition coefficient (Wildman–Crippen LogP) is 5.18. The van der Waals surface area contributed by atoms with Crippen molar-refractivity contribution >= 4 is 23.7 Å². The second kappa shape index (κ2) is 12.5. The minimum absolute atomic E-state index is 0. The highest BCUT2D eigenvalue weighted by Crippen LogP contribution is 2.29. The van der Waals surface area contributed by atoms with Crippen molar-refractivity contribution in [2.24, 2.45) is 0 Å². The summed E-state index contributed by atoms with van der Waals surface area (Å²) in [6.07, 6.45) is 1.05. The van der Waals surface area contributed by atoms with Crippen LogP contribution in [0.5, 0.6) is 5.75 Å². The molecule has 0 bridgehead atoms. The molecule has 0 unspecified atom stereocenters. The first-order chi connectivity index (χ1) is 12.8. The molecular weight excluding hydrogens is 392 g/mol. The lowest BCUT2D eigenvalue weighted by Gasteiger charge is -2.17. The lowest BCUT2D eigenvalue weighted by atomic mass is 10.1. The summed E-state index contributed by atoms with van der Waals surface area (Å²) < 4.78 is 5.87. The molecule has 0 atom stereocenters. The fourth-order valence-corrected chi connectivity index (χ4v) is 3.69. The third-order valence-electron chi connectivity index (χ3n) is 4.46. The standard InChI is InChI=1S/C22H26N2OS.ClH.H2O/c1-3-24(4-2)15-8-16-25-20-13-11-18(12-14-20)21-17-26-22(23-21)19-9-6-5-7-10-19;;/h5-7,9-14,17H,3-4,8,15-16H2,1-2H3;1H;1H2. The average Bonchev–Trinajstić information content (AvgIpc) is 3.19. The summed E-state index contributed by atoms with van der Waals surface area (Å²) >= 11 is 1.68. The van der Waals surface area contributed by atoms with Crippen LogP contribution in [-0.2, 0) is 0 Å². The van der Waals surface area contributed by atoms with E-state index in [4.69, 9.17) is 9.72 Å². The molecule has 0 aliphatic carbocycles. The molecule has 152 valence electrons. The predicted molar refractivity (Wildman–Crippen MR) is 122 cm³/mol. The van der Waals surface area contributed by atoms with Crippen LogP contribution < -0.4 is 4.74 Å². The molecule has 1 aromatic heterocycles. The Balaban J connectivity index is 0.00000196. The molecular formula is C22H29ClN2O2S. The van der Waals surface area contributed by atoms with Gasteiger partial charge in [-0.1, -0.05) is 44.2 Å². The number of ether oxygens (including phenoxy) is 1. The minimum Gasteiger partial charge on any atom is -0.494 e. The lowest BCUT2D eigenvalue weighted by molar-refractivity contribution is 0.249. The van der Waals surface area contributed by atoms with E-state index in [9.17, 15) is 0 Å². The van der Waals surface area contributed by atoms with Crippen molar-refractivity contribution in [3.63, 3.8) is 0 Å². The normalized spacial score (nSPS) is 10.2. The van der Waals surface area contributed by atoms with Crippen LogP contribution in [0, 0.1) is 0 Å². The first-order valence-electron chi connectivity index (χ1n) is 9.26. The Kier molecular flexibility index (Phi) is 10.8. The molecule has 0 amide bonds. The lowest BCUT2D eigenvalue weighted by Crippen LogP contribution is -2.25. The van der Waals surface area contributed by atoms with Crippen molar-refractivity contribution in [1.29, 1.82) is 0 Å². The first kappa shape index (κ1) is 24.1. The SMILES string of the molecule is CCN(CC)CCCOc1ccc(-c2csc(-c3ccccc3)n2)cc1.Cl.O. The van der Waals surface area contributed by atoms with E-state index in [1.54, 1.807) is 11.3 Å². The molecule has 0 fully saturated rings. The summed E-state index contributed by atoms with van der Waals surface area (Å²) in [7, 11) is 0. The summed E-state index contributed by atoms with van der Waals surface area (Å²) in [6.45, 7) is 8.44. The number of thiazole rings is 1. The Morgan fingerprint density at radius 2 is 1.61 bits per heavy atom. The second-order valence-corrected chi connectivity index (χ2v) is 7.02. The highest BCUT2D eigenvalue weighted by atomic mass is 35.5. The molecule has 0 spiro atoms. The average molecular weight is 421 g/mol. The van der Waals surface area contributed by atoms with Gasteiger partial charge in [0.1, 0.15) is 10.8 Å². The minimum atomic E-state index is 0. The van der Waals surface area contributed by atoms with Gasteiger partial charge in [-0.05, 0) is 43.8 Å². The van der Waals surface area contributed by atoms with E-state index < -0.39 is 0 Å². The van der Waals surface area contributed by atoms with Gasteiger partial charge in [0.05, 0.1) is 12.3 Å². The van der Waals surface area contributed by atoms with E-state index in [-0.39, 0.29) is 17.9 Å². The van der Waals surface area contributed by atoms with Crippen LogP contribution in [0.3, 0.4) is 0 Å². The number of nitrogens with zero attached hydrogens (tertiary/aromatic N) is 2. The zero-order valence-corrected chi connectivity index (χ0v) is 18.1. The van der Waals surface area contributed by atoms with E-state index in [2.05, 4.69) is 48.4 Å². The summed E-state index contributed by atoms with van der Waals surface area (Å²) in [5, 5.41) is 3.17. The van der Waals surface area contributed by atoms with E-state index in [0.29, 0.717) is 0 Å². The van der Waals surface area contributed by atoms with Crippen LogP contribution in [-0.4, -0.2) is 41.6 Å². The molecule has 0 saturated carbocycles. The number of benzene rings is 2. The van der Waals surface area contributed by atoms with Gasteiger partial charge in [0, 0.05) is 23.1 Å². The fraction of sp³-hybridized carbons (Fsp3) is 0.318. The number of hydrogen-bond acceptors (Lipinski definition) is 4. The molecule has 3 aromatic rings. The summed E-state index contributed by atoms with van der Waals surface area (Å²) in [5.41, 5.74) is 3.30. The molecule has 2 aromatic carbocycles. The molecule has 1 heterocycles. The number of hydrogen-bond donors (Lipinski definition) is 0. The monoisotopic (exact) mass is 420 g/mol. The molecule has 3 rings (SSSR count). The van der Waals surface area contributed by atoms with Crippen LogP contribution in [0.4, 0.5) is 0 Å². The Morgan fingerprint density at radius 3 is 2.25 bits per heavy atom. The van der Waals surface area contributed by atoms with Crippen molar-refractivity contribution < 1.29 is 10.2 Å². The van der Waals surface area contributed by atoms with E-state index in [1.807, 2.05) is 30.3 Å². The maximum atomic E-state index is 5.87. The third-order valence-corrected chi connectivity index (χ3v) is 5.35. The summed E-state index contributed by atoms with van der Waals surface area (Å²) in [5.74, 6) is 0.923. The first-order valence-corrected chi connectivity index (χ1v) is 10.1. The maximum absolute atomic E-state index is 5.87. The highest BCUT2D eigenvalue weighted by Gasteiger charge is 2.07. The van der Waals surface area contributed by atoms with Crippen molar-refractivity contribution in [2.75, 3.05) is 26.2 Å². The Hall–Kier alpha value is -1.92. The van der Waals surface area contributed by atoms with Crippen molar-refractivity contribution in [3.05, 3.63) is 60.0 Å². The van der Waals surface area contributed by atoms with Gasteiger partial charge >= 0.3 is 0 Å². The Bertz CT molecular complexity index is 790. The number of aromatic nitrogens is 1. The summed E-state index contributed by atoms with van der Waals surface area (Å²) in [6, 6.07) is 18.6. The molecule has 0 aliphatic heterocycles. The molecule has 0 radical (unpaired) electrons. The van der Waals surface area contributed by atoms with Gasteiger partial charge in [0.15, 0.2) is 0 Å². The fourth-order valence-electron chi connectivity index (χ4n) is 2.86. The van der Waals surface area contributed by atoms with Gasteiger partial charge in [-0.15, -0.1) is 23.7 Å². The highest BCUT2D eigenvalue weighted by molar-refractivity contribution is 7.13. The Labute approximate surface area is 177 Å². The van der Waals surface area contributed by atoms with Gasteiger partial charge in [-0.2, -0.15) is 0 Å². The van der Waals surface area contributed by atoms with Crippen LogP contribution in [0.15, 0.2) is 60.0 Å². The van der Waals surface area contributed by atoms with Gasteiger partial charge in [-0.3, -0.25) is 0 Å². The summed E-state index contributed by atoms with van der Waals surface area (Å²) in [4.78, 5) is 7.18. The maximum Gasteiger partial charge on any atom is 0.124 e. The Morgan fingerprint density at radius 1 is 0.929 bits per heavy atom. The van der Waals surface area contributed by atoms with Crippen molar-refractivity contribution in [1.82, 2.24) is 9.88 Å². The van der Waals surface area contributed by atoms with Crippen LogP contribution in [0.1, 0.15) is 20.3 Å². The molecule has 28 heavy (non-hydrogen) atoms. The zero-order valence-electron chi connectivity index (χ0n) is 16.4. The molecule has 0 saturated heterocycles. The number of halogens is 1. The van der Waals surface area contributed by atoms with E-state index >= 15 is 0 Å². The largest absolute Gasteiger partial charge is 0.494 e. The molecule has 2 N–H and O–H groups in total. The third kappa shape index (κ3) is 6.60. The van der Waals surface area contributed by atoms with Crippen LogP contribution >= 0.6 is 23.7 Å².